The molecule has 14 heteroatoms. The van der Waals surface area contributed by atoms with Crippen LogP contribution in [0, 0.1) is 0 Å². The van der Waals surface area contributed by atoms with Gasteiger partial charge in [-0.25, -0.2) is 29.9 Å². The van der Waals surface area contributed by atoms with E-state index in [0.717, 1.165) is 34.3 Å². The van der Waals surface area contributed by atoms with E-state index in [4.69, 9.17) is 0 Å². The molecule has 8 aromatic heterocycles. The second-order valence-corrected chi connectivity index (χ2v) is 18.6. The first-order chi connectivity index (χ1) is 42.4. The molecule has 14 nitrogen and oxygen atoms in total. The Bertz CT molecular complexity index is 1880. The number of aromatic nitrogens is 14. The van der Waals surface area contributed by atoms with Crippen LogP contribution in [0.25, 0.3) is 0 Å². The van der Waals surface area contributed by atoms with E-state index in [1.165, 1.54) is 11.1 Å². The Morgan fingerprint density at radius 2 is 0.614 bits per heavy atom. The third kappa shape index (κ3) is 60.5. The molecule has 0 fully saturated rings. The first-order valence-corrected chi connectivity index (χ1v) is 32.8. The predicted octanol–water partition coefficient (Wildman–Crippen LogP) is 22.2. The minimum Gasteiger partial charge on any atom is -0.264 e. The molecule has 0 aliphatic carbocycles. The molecule has 0 amide bonds. The van der Waals surface area contributed by atoms with E-state index < -0.39 is 0 Å². The molecule has 0 aliphatic heterocycles. The van der Waals surface area contributed by atoms with E-state index in [1.807, 2.05) is 184 Å². The highest BCUT2D eigenvalue weighted by molar-refractivity contribution is 5.12. The molecule has 0 N–H and O–H groups in total. The molecule has 0 atom stereocenters. The van der Waals surface area contributed by atoms with Gasteiger partial charge in [0.05, 0.1) is 17.1 Å². The third-order valence-corrected chi connectivity index (χ3v) is 9.71. The molecule has 0 bridgehead atoms. The van der Waals surface area contributed by atoms with Crippen molar-refractivity contribution >= 4 is 0 Å². The Labute approximate surface area is 542 Å². The van der Waals surface area contributed by atoms with Crippen LogP contribution < -0.4 is 0 Å². The van der Waals surface area contributed by atoms with E-state index in [-0.39, 0.29) is 0 Å². The number of hydrogen-bond acceptors (Lipinski definition) is 14. The summed E-state index contributed by atoms with van der Waals surface area (Å²) in [6, 6.07) is 17.7. The van der Waals surface area contributed by atoms with Crippen molar-refractivity contribution in [2.45, 2.75) is 269 Å². The summed E-state index contributed by atoms with van der Waals surface area (Å²) in [5.74, 6) is 4.99. The molecule has 8 heterocycles. The predicted molar refractivity (Wildman–Crippen MR) is 384 cm³/mol. The zero-order valence-electron chi connectivity index (χ0n) is 61.9. The van der Waals surface area contributed by atoms with Gasteiger partial charge in [0, 0.05) is 110 Å². The van der Waals surface area contributed by atoms with Gasteiger partial charge >= 0.3 is 0 Å². The van der Waals surface area contributed by atoms with Gasteiger partial charge in [-0.15, -0.1) is 0 Å². The molecule has 0 unspecified atom stereocenters. The minimum atomic E-state index is 0.436. The zero-order valence-corrected chi connectivity index (χ0v) is 61.9. The smallest absolute Gasteiger partial charge is 0.130 e. The molecular weight excluding hydrogens is 1080 g/mol. The van der Waals surface area contributed by atoms with E-state index in [1.54, 1.807) is 80.8 Å². The minimum absolute atomic E-state index is 0.436. The lowest BCUT2D eigenvalue weighted by Gasteiger charge is -2.00. The van der Waals surface area contributed by atoms with Crippen molar-refractivity contribution in [1.29, 1.82) is 0 Å². The zero-order chi connectivity index (χ0) is 69.5. The number of nitrogens with zero attached hydrogens (tertiary/aromatic N) is 14. The van der Waals surface area contributed by atoms with Crippen molar-refractivity contribution in [2.75, 3.05) is 0 Å². The molecule has 0 aromatic carbocycles. The van der Waals surface area contributed by atoms with Gasteiger partial charge in [-0.3, -0.25) is 29.9 Å². The highest BCUT2D eigenvalue weighted by Gasteiger charge is 2.01. The van der Waals surface area contributed by atoms with Crippen LogP contribution in [-0.4, -0.2) is 70.0 Å². The summed E-state index contributed by atoms with van der Waals surface area (Å²) in [6.45, 7) is 65.8. The van der Waals surface area contributed by atoms with E-state index in [2.05, 4.69) is 187 Å². The molecule has 0 aliphatic rings. The lowest BCUT2D eigenvalue weighted by atomic mass is 10.1. The van der Waals surface area contributed by atoms with Crippen LogP contribution in [0.3, 0.4) is 0 Å². The highest BCUT2D eigenvalue weighted by Crippen LogP contribution is 2.13. The fraction of sp³-hybridized carbons (Fsp3) is 0.541. The Balaban J connectivity index is -0.000000134. The standard InChI is InChI=1S/2C8H11N.6C7H10N2.8C2H6/c1-7(2)8-4-3-5-9-6-8;1-7(2)8-5-3-4-6-9-8;1-6(2)7-3-8-5-9-4-7;2*1-6(2)7-5-8-3-4-9-7;1-6(2)7-3-4-8-5-9-7;1-6(2)7-8-4-3-5-9-7;1-6(2)7-4-3-5-8-9-7;8*1-2/h2*3-7H,1-2H3;6*3-6H,1-2H3;8*1-2H3. The molecule has 8 aromatic rings. The lowest BCUT2D eigenvalue weighted by Crippen LogP contribution is -1.93. The largest absolute Gasteiger partial charge is 0.264 e. The van der Waals surface area contributed by atoms with E-state index in [0.29, 0.717) is 47.3 Å². The van der Waals surface area contributed by atoms with Crippen LogP contribution in [0.2, 0.25) is 0 Å². The number of rotatable bonds is 8. The maximum atomic E-state index is 4.18. The van der Waals surface area contributed by atoms with Crippen LogP contribution in [0.5, 0.6) is 0 Å². The molecule has 88 heavy (non-hydrogen) atoms. The Kier molecular flexibility index (Phi) is 83.7. The Morgan fingerprint density at radius 3 is 0.852 bits per heavy atom. The van der Waals surface area contributed by atoms with Crippen molar-refractivity contribution in [2.24, 2.45) is 0 Å². The summed E-state index contributed by atoms with van der Waals surface area (Å²) < 4.78 is 0. The monoisotopic (exact) mass is 1220 g/mol. The Hall–Kier alpha value is -7.22. The van der Waals surface area contributed by atoms with Gasteiger partial charge in [-0.1, -0.05) is 234 Å². The summed E-state index contributed by atoms with van der Waals surface area (Å²) in [7, 11) is 0. The molecule has 0 radical (unpaired) electrons. The molecule has 0 saturated carbocycles. The second-order valence-electron chi connectivity index (χ2n) is 18.6. The van der Waals surface area contributed by atoms with Crippen molar-refractivity contribution in [3.63, 3.8) is 0 Å². The van der Waals surface area contributed by atoms with Gasteiger partial charge in [0.15, 0.2) is 0 Å². The summed E-state index contributed by atoms with van der Waals surface area (Å²) in [5, 5.41) is 7.68. The van der Waals surface area contributed by atoms with Gasteiger partial charge in [0.1, 0.15) is 18.5 Å². The van der Waals surface area contributed by atoms with Gasteiger partial charge in [-0.05, 0) is 95.0 Å². The summed E-state index contributed by atoms with van der Waals surface area (Å²) in [4.78, 5) is 48.1. The highest BCUT2D eigenvalue weighted by atomic mass is 15.1. The second kappa shape index (κ2) is 75.9. The van der Waals surface area contributed by atoms with Crippen LogP contribution in [0.1, 0.15) is 314 Å². The van der Waals surface area contributed by atoms with E-state index >= 15 is 0 Å². The van der Waals surface area contributed by atoms with Gasteiger partial charge in [0.25, 0.3) is 0 Å². The average molecular weight is 1220 g/mol. The van der Waals surface area contributed by atoms with Crippen LogP contribution >= 0.6 is 0 Å². The third-order valence-electron chi connectivity index (χ3n) is 9.71. The van der Waals surface area contributed by atoms with Gasteiger partial charge in [-0.2, -0.15) is 10.2 Å². The van der Waals surface area contributed by atoms with Crippen LogP contribution in [0.15, 0.2) is 160 Å². The number of pyridine rings is 2. The quantitative estimate of drug-likeness (QED) is 0.140. The van der Waals surface area contributed by atoms with Crippen LogP contribution in [-0.2, 0) is 0 Å². The molecule has 8 rings (SSSR count). The number of hydrogen-bond donors (Lipinski definition) is 0. The summed E-state index contributed by atoms with van der Waals surface area (Å²) in [5.41, 5.74) is 7.92. The topological polar surface area (TPSA) is 180 Å². The average Bonchev–Trinajstić information content (AvgIpc) is 3.61. The summed E-state index contributed by atoms with van der Waals surface area (Å²) in [6.07, 6.45) is 29.7. The molecule has 0 spiro atoms. The van der Waals surface area contributed by atoms with Gasteiger partial charge < -0.3 is 0 Å². The maximum absolute atomic E-state index is 4.18. The Morgan fingerprint density at radius 1 is 0.227 bits per heavy atom. The van der Waals surface area contributed by atoms with Crippen molar-refractivity contribution < 1.29 is 0 Å². The molecular formula is C74H130N14. The van der Waals surface area contributed by atoms with E-state index in [9.17, 15) is 0 Å². The normalized spacial score (nSPS) is 8.82. The lowest BCUT2D eigenvalue weighted by molar-refractivity contribution is 0.774. The fourth-order valence-corrected chi connectivity index (χ4v) is 5.13. The molecule has 496 valence electrons. The SMILES string of the molecule is CC.CC.CC.CC.CC.CC.CC.CC.CC(C)c1ccccn1.CC(C)c1cccnc1.CC(C)c1cccnn1.CC(C)c1ccncn1.CC(C)c1cnccn1.CC(C)c1cnccn1.CC(C)c1cncnc1.CC(C)c1ncccn1. The fourth-order valence-electron chi connectivity index (χ4n) is 5.13. The van der Waals surface area contributed by atoms with Crippen molar-refractivity contribution in [1.82, 2.24) is 70.0 Å². The molecule has 0 saturated heterocycles. The summed E-state index contributed by atoms with van der Waals surface area (Å²) >= 11 is 0. The van der Waals surface area contributed by atoms with Crippen LogP contribution in [0.4, 0.5) is 0 Å². The first kappa shape index (κ1) is 97.1. The maximum Gasteiger partial charge on any atom is 0.130 e. The van der Waals surface area contributed by atoms with Crippen molar-refractivity contribution in [3.05, 3.63) is 206 Å². The van der Waals surface area contributed by atoms with Crippen molar-refractivity contribution in [3.8, 4) is 0 Å². The van der Waals surface area contributed by atoms with Gasteiger partial charge in [0.2, 0.25) is 0 Å². The first-order valence-electron chi connectivity index (χ1n) is 32.8.